The summed E-state index contributed by atoms with van der Waals surface area (Å²) in [6.07, 6.45) is 1.31. The van der Waals surface area contributed by atoms with Crippen molar-refractivity contribution in [3.8, 4) is 0 Å². The average molecular weight is 272 g/mol. The average Bonchev–Trinajstić information content (AvgIpc) is 2.82. The standard InChI is InChI=1S/C9H7N5O3S.2H2/c1-2-13-6-4-5(12-9(13)15)8(14(16)17)18-7(4)11-3-10-6;;/h3H,2H2,1H3,(H,12,15);2*1H/i;1+1D;1+1. The second-order valence-electron chi connectivity index (χ2n) is 3.59. The fourth-order valence-electron chi connectivity index (χ4n) is 1.92. The van der Waals surface area contributed by atoms with Crippen LogP contribution in [0.5, 0.6) is 0 Å². The Morgan fingerprint density at radius 3 is 3.11 bits per heavy atom. The molecule has 1 aliphatic rings. The molecule has 2 aromatic rings. The third-order valence-electron chi connectivity index (χ3n) is 2.66. The highest BCUT2D eigenvalue weighted by atomic mass is 32.1. The van der Waals surface area contributed by atoms with Gasteiger partial charge in [0, 0.05) is 10.9 Å². The number of carbonyl (C=O) groups excluding carboxylic acids is 1. The molecular formula is C9H11N5O3S. The fourth-order valence-corrected chi connectivity index (χ4v) is 2.83. The number of thiophene rings is 1. The smallest absolute Gasteiger partial charge is 0.300 e. The van der Waals surface area contributed by atoms with Crippen molar-refractivity contribution in [1.82, 2.24) is 9.97 Å². The molecule has 18 heavy (non-hydrogen) atoms. The van der Waals surface area contributed by atoms with Gasteiger partial charge in [0.25, 0.3) is 0 Å². The third kappa shape index (κ3) is 1.27. The Morgan fingerprint density at radius 1 is 1.67 bits per heavy atom. The van der Waals surface area contributed by atoms with Crippen LogP contribution in [0.2, 0.25) is 0 Å². The normalized spacial score (nSPS) is 14.3. The molecule has 0 radical (unpaired) electrons. The van der Waals surface area contributed by atoms with Gasteiger partial charge in [-0.1, -0.05) is 0 Å². The van der Waals surface area contributed by atoms with Gasteiger partial charge in [-0.2, -0.15) is 0 Å². The van der Waals surface area contributed by atoms with Gasteiger partial charge in [0.1, 0.15) is 16.8 Å². The zero-order valence-corrected chi connectivity index (χ0v) is 10.0. The molecule has 0 unspecified atom stereocenters. The fraction of sp³-hybridized carbons (Fsp3) is 0.222. The number of anilines is 2. The summed E-state index contributed by atoms with van der Waals surface area (Å²) in [6.45, 7) is 2.24. The van der Waals surface area contributed by atoms with Gasteiger partial charge in [0.05, 0.1) is 10.3 Å². The molecule has 3 heterocycles. The zero-order valence-electron chi connectivity index (χ0n) is 11.2. The van der Waals surface area contributed by atoms with E-state index >= 15 is 0 Å². The van der Waals surface area contributed by atoms with Gasteiger partial charge >= 0.3 is 11.0 Å². The Kier molecular flexibility index (Phi) is 1.94. The number of nitrogens with zero attached hydrogens (tertiary/aromatic N) is 4. The minimum atomic E-state index is -0.520. The van der Waals surface area contributed by atoms with Gasteiger partial charge < -0.3 is 5.32 Å². The summed E-state index contributed by atoms with van der Waals surface area (Å²) in [5.41, 5.74) is 0.199. The Balaban J connectivity index is 0.000000706. The summed E-state index contributed by atoms with van der Waals surface area (Å²) in [7, 11) is 0. The molecule has 1 N–H and O–H groups in total. The van der Waals surface area contributed by atoms with Crippen molar-refractivity contribution in [2.24, 2.45) is 0 Å². The summed E-state index contributed by atoms with van der Waals surface area (Å²) < 4.78 is 10.0. The van der Waals surface area contributed by atoms with Crippen LogP contribution >= 0.6 is 11.3 Å². The number of amides is 2. The lowest BCUT2D eigenvalue weighted by Crippen LogP contribution is -2.38. The highest BCUT2D eigenvalue weighted by Gasteiger charge is 2.34. The van der Waals surface area contributed by atoms with Crippen LogP contribution in [0.3, 0.4) is 0 Å². The van der Waals surface area contributed by atoms with E-state index in [4.69, 9.17) is 2.97 Å². The third-order valence-corrected chi connectivity index (χ3v) is 3.71. The van der Waals surface area contributed by atoms with Crippen LogP contribution in [0.1, 0.15) is 11.3 Å². The first-order valence-corrected chi connectivity index (χ1v) is 5.95. The van der Waals surface area contributed by atoms with Gasteiger partial charge in [0.2, 0.25) is 0 Å². The van der Waals surface area contributed by atoms with Crippen LogP contribution in [0, 0.1) is 10.1 Å². The van der Waals surface area contributed by atoms with E-state index < -0.39 is 11.0 Å². The summed E-state index contributed by atoms with van der Waals surface area (Å²) in [5, 5.41) is 13.9. The van der Waals surface area contributed by atoms with Crippen molar-refractivity contribution in [2.45, 2.75) is 6.92 Å². The number of hydrogen-bond acceptors (Lipinski definition) is 6. The largest absolute Gasteiger partial charge is 0.350 e. The summed E-state index contributed by atoms with van der Waals surface area (Å²) in [4.78, 5) is 32.2. The van der Waals surface area contributed by atoms with Crippen molar-refractivity contribution < 1.29 is 14.1 Å². The van der Waals surface area contributed by atoms with Crippen LogP contribution in [0.15, 0.2) is 6.33 Å². The number of rotatable bonds is 2. The minimum Gasteiger partial charge on any atom is -0.300 e. The maximum absolute atomic E-state index is 11.8. The second-order valence-corrected chi connectivity index (χ2v) is 4.57. The van der Waals surface area contributed by atoms with E-state index in [2.05, 4.69) is 15.3 Å². The van der Waals surface area contributed by atoms with E-state index in [1.807, 2.05) is 0 Å². The molecule has 96 valence electrons. The highest BCUT2D eigenvalue weighted by molar-refractivity contribution is 7.22. The lowest BCUT2D eigenvalue weighted by atomic mass is 10.2. The van der Waals surface area contributed by atoms with Crippen molar-refractivity contribution in [1.29, 1.82) is 0 Å². The van der Waals surface area contributed by atoms with Crippen LogP contribution in [0.25, 0.3) is 10.2 Å². The monoisotopic (exact) mass is 272 g/mol. The van der Waals surface area contributed by atoms with Gasteiger partial charge in [-0.15, -0.1) is 0 Å². The molecule has 8 nitrogen and oxygen atoms in total. The first-order valence-electron chi connectivity index (χ1n) is 6.14. The van der Waals surface area contributed by atoms with Gasteiger partial charge in [-0.3, -0.25) is 15.0 Å². The molecule has 0 saturated heterocycles. The number of aromatic nitrogens is 2. The topological polar surface area (TPSA) is 101 Å². The molecule has 0 saturated carbocycles. The lowest BCUT2D eigenvalue weighted by Gasteiger charge is -2.24. The summed E-state index contributed by atoms with van der Waals surface area (Å²) in [5.74, 6) is 0.422. The second kappa shape index (κ2) is 3.60. The first-order chi connectivity index (χ1) is 9.63. The van der Waals surface area contributed by atoms with Crippen LogP contribution < -0.4 is 10.2 Å². The van der Waals surface area contributed by atoms with Crippen molar-refractivity contribution >= 4 is 44.1 Å². The summed E-state index contributed by atoms with van der Waals surface area (Å²) >= 11 is 0.934. The SMILES string of the molecule is CCN1C(=O)Nc2c([N+](=O)[O-])sc3ncnc1c23.[2HH].[2H][2H]. The molecule has 9 heteroatoms. The molecule has 1 aliphatic heterocycles. The quantitative estimate of drug-likeness (QED) is 0.668. The number of nitrogens with one attached hydrogen (secondary N) is 1. The Bertz CT molecular complexity index is 695. The molecule has 2 aromatic heterocycles. The predicted octanol–water partition coefficient (Wildman–Crippen LogP) is 2.46. The molecule has 2 amide bonds. The molecule has 0 aliphatic carbocycles. The van der Waals surface area contributed by atoms with Crippen LogP contribution in [-0.2, 0) is 0 Å². The number of hydrogen-bond donors (Lipinski definition) is 1. The van der Waals surface area contributed by atoms with E-state index in [1.54, 1.807) is 6.92 Å². The van der Waals surface area contributed by atoms with E-state index in [-0.39, 0.29) is 12.1 Å². The molecule has 0 spiro atoms. The van der Waals surface area contributed by atoms with E-state index in [1.165, 1.54) is 11.2 Å². The van der Waals surface area contributed by atoms with Crippen LogP contribution in [-0.4, -0.2) is 27.5 Å². The van der Waals surface area contributed by atoms with Crippen LogP contribution in [0.4, 0.5) is 21.3 Å². The molecule has 0 bridgehead atoms. The van der Waals surface area contributed by atoms with Crippen molar-refractivity contribution in [3.05, 3.63) is 16.4 Å². The van der Waals surface area contributed by atoms with Crippen molar-refractivity contribution in [2.75, 3.05) is 16.8 Å². The van der Waals surface area contributed by atoms with E-state index in [0.29, 0.717) is 22.6 Å². The molecule has 0 atom stereocenters. The Labute approximate surface area is 109 Å². The maximum atomic E-state index is 11.8. The van der Waals surface area contributed by atoms with Gasteiger partial charge in [-0.25, -0.2) is 14.8 Å². The molecule has 0 aromatic carbocycles. The number of nitro groups is 1. The van der Waals surface area contributed by atoms with Crippen molar-refractivity contribution in [3.63, 3.8) is 0 Å². The first kappa shape index (κ1) is 9.71. The number of urea groups is 1. The van der Waals surface area contributed by atoms with E-state index in [9.17, 15) is 14.9 Å². The predicted molar refractivity (Wildman–Crippen MR) is 70.3 cm³/mol. The van der Waals surface area contributed by atoms with Gasteiger partial charge in [-0.05, 0) is 18.3 Å². The highest BCUT2D eigenvalue weighted by Crippen LogP contribution is 2.46. The molecule has 3 rings (SSSR count). The minimum absolute atomic E-state index is 0. The zero-order chi connectivity index (χ0) is 14.9. The summed E-state index contributed by atoms with van der Waals surface area (Å²) in [6, 6.07) is -0.411. The molecular weight excluding hydrogens is 258 g/mol. The Morgan fingerprint density at radius 2 is 2.44 bits per heavy atom. The maximum Gasteiger partial charge on any atom is 0.350 e. The Hall–Kier alpha value is -2.29. The van der Waals surface area contributed by atoms with E-state index in [0.717, 1.165) is 11.3 Å². The lowest BCUT2D eigenvalue weighted by molar-refractivity contribution is -0.379. The number of carbonyl (C=O) groups is 1. The molecule has 0 fully saturated rings. The van der Waals surface area contributed by atoms with Gasteiger partial charge in [0.15, 0.2) is 5.82 Å².